The SMILES string of the molecule is O=C(NC1CCCNC1)C1CC1c1cccc(Cl)c1. The van der Waals surface area contributed by atoms with Gasteiger partial charge in [0.25, 0.3) is 0 Å². The van der Waals surface area contributed by atoms with Gasteiger partial charge in [0.15, 0.2) is 0 Å². The number of carbonyl (C=O) groups excluding carboxylic acids is 1. The molecule has 1 aliphatic heterocycles. The maximum absolute atomic E-state index is 12.2. The second-order valence-corrected chi connectivity index (χ2v) is 5.99. The quantitative estimate of drug-likeness (QED) is 0.891. The molecule has 3 rings (SSSR count). The fourth-order valence-electron chi connectivity index (χ4n) is 2.87. The number of hydrogen-bond acceptors (Lipinski definition) is 2. The number of hydrogen-bond donors (Lipinski definition) is 2. The highest BCUT2D eigenvalue weighted by Crippen LogP contribution is 2.48. The maximum Gasteiger partial charge on any atom is 0.224 e. The topological polar surface area (TPSA) is 41.1 Å². The van der Waals surface area contributed by atoms with Crippen molar-refractivity contribution in [2.45, 2.75) is 31.2 Å². The summed E-state index contributed by atoms with van der Waals surface area (Å²) in [5.41, 5.74) is 1.19. The molecule has 1 aliphatic carbocycles. The molecule has 19 heavy (non-hydrogen) atoms. The van der Waals surface area contributed by atoms with Crippen LogP contribution in [-0.4, -0.2) is 25.0 Å². The Morgan fingerprint density at radius 2 is 2.32 bits per heavy atom. The van der Waals surface area contributed by atoms with Crippen molar-refractivity contribution in [2.75, 3.05) is 13.1 Å². The number of halogens is 1. The van der Waals surface area contributed by atoms with E-state index in [1.807, 2.05) is 18.2 Å². The van der Waals surface area contributed by atoms with Gasteiger partial charge in [0, 0.05) is 23.5 Å². The lowest BCUT2D eigenvalue weighted by atomic mass is 10.1. The number of piperidine rings is 1. The van der Waals surface area contributed by atoms with E-state index in [1.165, 1.54) is 5.56 Å². The normalized spacial score (nSPS) is 29.8. The Labute approximate surface area is 118 Å². The van der Waals surface area contributed by atoms with Crippen LogP contribution in [0.1, 0.15) is 30.7 Å². The van der Waals surface area contributed by atoms with Crippen LogP contribution in [0.5, 0.6) is 0 Å². The van der Waals surface area contributed by atoms with Crippen LogP contribution in [0.2, 0.25) is 5.02 Å². The van der Waals surface area contributed by atoms with Crippen molar-refractivity contribution in [3.63, 3.8) is 0 Å². The van der Waals surface area contributed by atoms with E-state index in [2.05, 4.69) is 16.7 Å². The standard InChI is InChI=1S/C15H19ClN2O/c16-11-4-1-3-10(7-11)13-8-14(13)15(19)18-12-5-2-6-17-9-12/h1,3-4,7,12-14,17H,2,5-6,8-9H2,(H,18,19). The Balaban J connectivity index is 1.55. The van der Waals surface area contributed by atoms with Gasteiger partial charge in [-0.3, -0.25) is 4.79 Å². The Morgan fingerprint density at radius 3 is 3.05 bits per heavy atom. The lowest BCUT2D eigenvalue weighted by molar-refractivity contribution is -0.123. The van der Waals surface area contributed by atoms with Gasteiger partial charge in [-0.25, -0.2) is 0 Å². The third kappa shape index (κ3) is 3.10. The molecule has 1 aromatic carbocycles. The Hall–Kier alpha value is -1.06. The van der Waals surface area contributed by atoms with Gasteiger partial charge >= 0.3 is 0 Å². The summed E-state index contributed by atoms with van der Waals surface area (Å²) in [6.07, 6.45) is 3.19. The van der Waals surface area contributed by atoms with Gasteiger partial charge in [-0.05, 0) is 49.4 Å². The van der Waals surface area contributed by atoms with Crippen molar-refractivity contribution in [3.05, 3.63) is 34.9 Å². The molecule has 2 N–H and O–H groups in total. The van der Waals surface area contributed by atoms with E-state index in [0.717, 1.165) is 37.4 Å². The molecular formula is C15H19ClN2O. The van der Waals surface area contributed by atoms with Gasteiger partial charge in [0.2, 0.25) is 5.91 Å². The Morgan fingerprint density at radius 1 is 1.42 bits per heavy atom. The molecule has 3 nitrogen and oxygen atoms in total. The van der Waals surface area contributed by atoms with Crippen LogP contribution in [0.4, 0.5) is 0 Å². The molecule has 0 spiro atoms. The van der Waals surface area contributed by atoms with Crippen molar-refractivity contribution in [1.82, 2.24) is 10.6 Å². The predicted octanol–water partition coefficient (Wildman–Crippen LogP) is 2.31. The summed E-state index contributed by atoms with van der Waals surface area (Å²) in [7, 11) is 0. The highest BCUT2D eigenvalue weighted by molar-refractivity contribution is 6.30. The second kappa shape index (κ2) is 5.51. The first kappa shape index (κ1) is 12.9. The zero-order chi connectivity index (χ0) is 13.2. The van der Waals surface area contributed by atoms with Gasteiger partial charge in [-0.1, -0.05) is 23.7 Å². The van der Waals surface area contributed by atoms with E-state index >= 15 is 0 Å². The molecule has 1 saturated heterocycles. The Bertz CT molecular complexity index is 471. The lowest BCUT2D eigenvalue weighted by Gasteiger charge is -2.23. The average molecular weight is 279 g/mol. The van der Waals surface area contributed by atoms with Gasteiger partial charge in [0.1, 0.15) is 0 Å². The highest BCUT2D eigenvalue weighted by Gasteiger charge is 2.44. The van der Waals surface area contributed by atoms with Crippen LogP contribution in [0.3, 0.4) is 0 Å². The van der Waals surface area contributed by atoms with Crippen molar-refractivity contribution in [3.8, 4) is 0 Å². The minimum Gasteiger partial charge on any atom is -0.352 e. The van der Waals surface area contributed by atoms with Crippen molar-refractivity contribution < 1.29 is 4.79 Å². The summed E-state index contributed by atoms with van der Waals surface area (Å²) in [5, 5.41) is 7.23. The molecule has 102 valence electrons. The molecule has 0 bridgehead atoms. The fourth-order valence-corrected chi connectivity index (χ4v) is 3.07. The van der Waals surface area contributed by atoms with Gasteiger partial charge in [-0.15, -0.1) is 0 Å². The zero-order valence-electron chi connectivity index (χ0n) is 10.9. The molecule has 3 atom stereocenters. The number of benzene rings is 1. The number of nitrogens with one attached hydrogen (secondary N) is 2. The van der Waals surface area contributed by atoms with E-state index in [4.69, 9.17) is 11.6 Å². The van der Waals surface area contributed by atoms with Gasteiger partial charge in [0.05, 0.1) is 0 Å². The van der Waals surface area contributed by atoms with Crippen molar-refractivity contribution in [2.24, 2.45) is 5.92 Å². The number of rotatable bonds is 3. The van der Waals surface area contributed by atoms with Crippen LogP contribution < -0.4 is 10.6 Å². The smallest absolute Gasteiger partial charge is 0.224 e. The van der Waals surface area contributed by atoms with E-state index in [0.29, 0.717) is 12.0 Å². The predicted molar refractivity (Wildman–Crippen MR) is 76.3 cm³/mol. The molecule has 0 radical (unpaired) electrons. The molecule has 1 aromatic rings. The van der Waals surface area contributed by atoms with Crippen LogP contribution in [-0.2, 0) is 4.79 Å². The molecule has 4 heteroatoms. The van der Waals surface area contributed by atoms with Crippen LogP contribution in [0.25, 0.3) is 0 Å². The minimum absolute atomic E-state index is 0.139. The molecule has 2 aliphatic rings. The van der Waals surface area contributed by atoms with E-state index in [1.54, 1.807) is 0 Å². The lowest BCUT2D eigenvalue weighted by Crippen LogP contribution is -2.46. The first-order chi connectivity index (χ1) is 9.24. The zero-order valence-corrected chi connectivity index (χ0v) is 11.6. The summed E-state index contributed by atoms with van der Waals surface area (Å²) in [6, 6.07) is 8.17. The summed E-state index contributed by atoms with van der Waals surface area (Å²) in [5.74, 6) is 0.703. The third-order valence-electron chi connectivity index (χ3n) is 4.05. The second-order valence-electron chi connectivity index (χ2n) is 5.56. The van der Waals surface area contributed by atoms with E-state index in [-0.39, 0.29) is 11.8 Å². The van der Waals surface area contributed by atoms with Crippen LogP contribution in [0.15, 0.2) is 24.3 Å². The fraction of sp³-hybridized carbons (Fsp3) is 0.533. The highest BCUT2D eigenvalue weighted by atomic mass is 35.5. The molecule has 0 aromatic heterocycles. The largest absolute Gasteiger partial charge is 0.352 e. The molecule has 2 fully saturated rings. The first-order valence-electron chi connectivity index (χ1n) is 7.00. The molecule has 1 amide bonds. The molecular weight excluding hydrogens is 260 g/mol. The molecule has 3 unspecified atom stereocenters. The van der Waals surface area contributed by atoms with Gasteiger partial charge < -0.3 is 10.6 Å². The van der Waals surface area contributed by atoms with Crippen molar-refractivity contribution >= 4 is 17.5 Å². The maximum atomic E-state index is 12.2. The Kier molecular flexibility index (Phi) is 3.76. The van der Waals surface area contributed by atoms with Crippen molar-refractivity contribution in [1.29, 1.82) is 0 Å². The average Bonchev–Trinajstić information content (AvgIpc) is 3.20. The number of carbonyl (C=O) groups is 1. The van der Waals surface area contributed by atoms with E-state index < -0.39 is 0 Å². The summed E-state index contributed by atoms with van der Waals surface area (Å²) < 4.78 is 0. The number of amides is 1. The third-order valence-corrected chi connectivity index (χ3v) is 4.28. The summed E-state index contributed by atoms with van der Waals surface area (Å²) in [6.45, 7) is 1.97. The summed E-state index contributed by atoms with van der Waals surface area (Å²) >= 11 is 5.99. The molecule has 1 saturated carbocycles. The first-order valence-corrected chi connectivity index (χ1v) is 7.38. The minimum atomic E-state index is 0.139. The van der Waals surface area contributed by atoms with Gasteiger partial charge in [-0.2, -0.15) is 0 Å². The monoisotopic (exact) mass is 278 g/mol. The van der Waals surface area contributed by atoms with E-state index in [9.17, 15) is 4.79 Å². The molecule has 1 heterocycles. The summed E-state index contributed by atoms with van der Waals surface area (Å²) in [4.78, 5) is 12.2. The van der Waals surface area contributed by atoms with Crippen LogP contribution >= 0.6 is 11.6 Å². The van der Waals surface area contributed by atoms with Crippen LogP contribution in [0, 0.1) is 5.92 Å².